The molecule has 1 N–H and O–H groups in total. The molecule has 0 unspecified atom stereocenters. The van der Waals surface area contributed by atoms with E-state index in [0.29, 0.717) is 25.5 Å². The zero-order valence-corrected chi connectivity index (χ0v) is 15.6. The Kier molecular flexibility index (Phi) is 5.23. The number of rotatable bonds is 5. The summed E-state index contributed by atoms with van der Waals surface area (Å²) in [6.07, 6.45) is 6.38. The van der Waals surface area contributed by atoms with Crippen LogP contribution in [0.25, 0.3) is 0 Å². The van der Waals surface area contributed by atoms with Crippen molar-refractivity contribution in [2.75, 3.05) is 19.8 Å². The van der Waals surface area contributed by atoms with Crippen LogP contribution < -0.4 is 0 Å². The normalized spacial score (nSPS) is 20.4. The van der Waals surface area contributed by atoms with Crippen LogP contribution in [0, 0.1) is 5.82 Å². The first kappa shape index (κ1) is 19.1. The van der Waals surface area contributed by atoms with Gasteiger partial charge in [0.1, 0.15) is 18.2 Å². The first-order chi connectivity index (χ1) is 13.5. The van der Waals surface area contributed by atoms with Crippen molar-refractivity contribution in [2.45, 2.75) is 43.3 Å². The molecule has 0 radical (unpaired) electrons. The van der Waals surface area contributed by atoms with E-state index in [9.17, 15) is 9.18 Å². The number of benzene rings is 1. The van der Waals surface area contributed by atoms with Gasteiger partial charge < -0.3 is 14.6 Å². The Morgan fingerprint density at radius 2 is 1.79 bits per heavy atom. The number of ketones is 1. The van der Waals surface area contributed by atoms with Crippen molar-refractivity contribution < 1.29 is 23.8 Å². The van der Waals surface area contributed by atoms with Crippen LogP contribution in [0.1, 0.15) is 47.4 Å². The maximum absolute atomic E-state index is 14.0. The molecule has 2 heterocycles. The largest absolute Gasteiger partial charge is 0.388 e. The molecule has 28 heavy (non-hydrogen) atoms. The number of nitrogens with zero attached hydrogens (tertiary/aromatic N) is 2. The van der Waals surface area contributed by atoms with Gasteiger partial charge in [0.25, 0.3) is 0 Å². The SMILES string of the molecule is O=C(CO)c1cnc(CC2(c3cccc(F)c3)CCC3(CC2)OCCO3)nc1. The molecule has 0 bridgehead atoms. The van der Waals surface area contributed by atoms with Crippen LogP contribution in [0.3, 0.4) is 0 Å². The predicted molar refractivity (Wildman–Crippen MR) is 98.3 cm³/mol. The number of halogens is 1. The van der Waals surface area contributed by atoms with Gasteiger partial charge in [-0.3, -0.25) is 4.79 Å². The minimum absolute atomic E-state index is 0.268. The number of Topliss-reactive ketones (excluding diaryl/α,β-unsaturated/α-hetero) is 1. The summed E-state index contributed by atoms with van der Waals surface area (Å²) < 4.78 is 25.7. The highest BCUT2D eigenvalue weighted by molar-refractivity contribution is 5.96. The third kappa shape index (κ3) is 3.70. The van der Waals surface area contributed by atoms with Crippen molar-refractivity contribution in [3.8, 4) is 0 Å². The lowest BCUT2D eigenvalue weighted by Crippen LogP contribution is -2.43. The molecule has 148 valence electrons. The molecule has 2 fully saturated rings. The lowest BCUT2D eigenvalue weighted by atomic mass is 9.65. The molecule has 1 aromatic heterocycles. The summed E-state index contributed by atoms with van der Waals surface area (Å²) in [5.74, 6) is -0.616. The number of aliphatic hydroxyl groups is 1. The van der Waals surface area contributed by atoms with E-state index >= 15 is 0 Å². The second-order valence-electron chi connectivity index (χ2n) is 7.54. The number of aliphatic hydroxyl groups excluding tert-OH is 1. The molecule has 1 saturated carbocycles. The number of hydrogen-bond acceptors (Lipinski definition) is 6. The average molecular weight is 386 g/mol. The molecule has 1 spiro atoms. The first-order valence-electron chi connectivity index (χ1n) is 9.53. The lowest BCUT2D eigenvalue weighted by molar-refractivity contribution is -0.185. The molecule has 1 aromatic carbocycles. The van der Waals surface area contributed by atoms with Gasteiger partial charge in [0.05, 0.1) is 18.8 Å². The molecule has 1 saturated heterocycles. The Labute approximate surface area is 162 Å². The van der Waals surface area contributed by atoms with E-state index in [0.717, 1.165) is 31.2 Å². The minimum atomic E-state index is -0.571. The van der Waals surface area contributed by atoms with Gasteiger partial charge in [-0.25, -0.2) is 14.4 Å². The highest BCUT2D eigenvalue weighted by Gasteiger charge is 2.47. The van der Waals surface area contributed by atoms with Crippen LogP contribution in [0.2, 0.25) is 0 Å². The molecule has 4 rings (SSSR count). The Balaban J connectivity index is 1.61. The maximum Gasteiger partial charge on any atom is 0.191 e. The van der Waals surface area contributed by atoms with Gasteiger partial charge in [0.15, 0.2) is 11.6 Å². The molecule has 0 atom stereocenters. The number of carbonyl (C=O) groups is 1. The summed E-state index contributed by atoms with van der Waals surface area (Å²) in [7, 11) is 0. The van der Waals surface area contributed by atoms with Crippen LogP contribution >= 0.6 is 0 Å². The Hall–Kier alpha value is -2.22. The van der Waals surface area contributed by atoms with Gasteiger partial charge in [-0.05, 0) is 30.5 Å². The van der Waals surface area contributed by atoms with E-state index < -0.39 is 18.2 Å². The monoisotopic (exact) mass is 386 g/mol. The van der Waals surface area contributed by atoms with Gasteiger partial charge in [-0.1, -0.05) is 12.1 Å². The molecule has 0 amide bonds. The van der Waals surface area contributed by atoms with E-state index in [1.54, 1.807) is 12.1 Å². The van der Waals surface area contributed by atoms with Crippen molar-refractivity contribution in [3.05, 3.63) is 59.4 Å². The summed E-state index contributed by atoms with van der Waals surface area (Å²) in [5.41, 5.74) is 0.867. The fourth-order valence-electron chi connectivity index (χ4n) is 4.27. The van der Waals surface area contributed by atoms with Gasteiger partial charge >= 0.3 is 0 Å². The van der Waals surface area contributed by atoms with Gasteiger partial charge in [-0.15, -0.1) is 0 Å². The third-order valence-electron chi connectivity index (χ3n) is 5.89. The Bertz CT molecular complexity index is 840. The maximum atomic E-state index is 14.0. The number of ether oxygens (including phenoxy) is 2. The minimum Gasteiger partial charge on any atom is -0.388 e. The number of carbonyl (C=O) groups excluding carboxylic acids is 1. The summed E-state index contributed by atoms with van der Waals surface area (Å²) in [4.78, 5) is 20.2. The molecule has 2 aliphatic rings. The Morgan fingerprint density at radius 1 is 1.11 bits per heavy atom. The fraction of sp³-hybridized carbons (Fsp3) is 0.476. The average Bonchev–Trinajstić information content (AvgIpc) is 3.18. The van der Waals surface area contributed by atoms with Gasteiger partial charge in [0.2, 0.25) is 0 Å². The van der Waals surface area contributed by atoms with Gasteiger partial charge in [0, 0.05) is 37.1 Å². The topological polar surface area (TPSA) is 81.5 Å². The van der Waals surface area contributed by atoms with Crippen LogP contribution in [-0.4, -0.2) is 46.5 Å². The van der Waals surface area contributed by atoms with Gasteiger partial charge in [-0.2, -0.15) is 0 Å². The summed E-state index contributed by atoms with van der Waals surface area (Å²) in [5, 5.41) is 8.97. The van der Waals surface area contributed by atoms with Crippen molar-refractivity contribution in [3.63, 3.8) is 0 Å². The number of hydrogen-bond donors (Lipinski definition) is 1. The smallest absolute Gasteiger partial charge is 0.191 e. The van der Waals surface area contributed by atoms with Crippen LogP contribution in [0.4, 0.5) is 4.39 Å². The highest BCUT2D eigenvalue weighted by atomic mass is 19.1. The third-order valence-corrected chi connectivity index (χ3v) is 5.89. The van der Waals surface area contributed by atoms with Crippen molar-refractivity contribution in [1.29, 1.82) is 0 Å². The molecule has 2 aromatic rings. The summed E-state index contributed by atoms with van der Waals surface area (Å²) in [6, 6.07) is 6.69. The zero-order chi connectivity index (χ0) is 19.6. The molecule has 1 aliphatic heterocycles. The molecule has 7 heteroatoms. The molecular weight excluding hydrogens is 363 g/mol. The van der Waals surface area contributed by atoms with E-state index in [2.05, 4.69) is 9.97 Å². The molecule has 6 nitrogen and oxygen atoms in total. The van der Waals surface area contributed by atoms with Crippen molar-refractivity contribution >= 4 is 5.78 Å². The standard InChI is InChI=1S/C21H23FN2O4/c22-17-3-1-2-16(10-17)20(4-6-21(7-5-20)27-8-9-28-21)11-19-23-12-15(13-24-19)18(26)14-25/h1-3,10,12-13,25H,4-9,11,14H2. The second-order valence-corrected chi connectivity index (χ2v) is 7.54. The van der Waals surface area contributed by atoms with Crippen molar-refractivity contribution in [1.82, 2.24) is 9.97 Å². The quantitative estimate of drug-likeness (QED) is 0.796. The predicted octanol–water partition coefficient (Wildman–Crippen LogP) is 2.59. The highest BCUT2D eigenvalue weighted by Crippen LogP contribution is 2.47. The second kappa shape index (κ2) is 7.66. The molecule has 1 aliphatic carbocycles. The van der Waals surface area contributed by atoms with E-state index in [1.165, 1.54) is 18.5 Å². The summed E-state index contributed by atoms with van der Waals surface area (Å²) >= 11 is 0. The van der Waals surface area contributed by atoms with E-state index in [4.69, 9.17) is 14.6 Å². The zero-order valence-electron chi connectivity index (χ0n) is 15.6. The Morgan fingerprint density at radius 3 is 2.39 bits per heavy atom. The van der Waals surface area contributed by atoms with E-state index in [1.807, 2.05) is 6.07 Å². The summed E-state index contributed by atoms with van der Waals surface area (Å²) in [6.45, 7) is 0.644. The first-order valence-corrected chi connectivity index (χ1v) is 9.53. The van der Waals surface area contributed by atoms with E-state index in [-0.39, 0.29) is 16.8 Å². The number of aromatic nitrogens is 2. The lowest BCUT2D eigenvalue weighted by Gasteiger charge is -2.44. The van der Waals surface area contributed by atoms with Crippen LogP contribution in [-0.2, 0) is 21.3 Å². The van der Waals surface area contributed by atoms with Crippen LogP contribution in [0.15, 0.2) is 36.7 Å². The fourth-order valence-corrected chi connectivity index (χ4v) is 4.27. The van der Waals surface area contributed by atoms with Crippen molar-refractivity contribution in [2.24, 2.45) is 0 Å². The van der Waals surface area contributed by atoms with Crippen LogP contribution in [0.5, 0.6) is 0 Å². The molecular formula is C21H23FN2O4.